The molecule has 1 aromatic heterocycles. The number of methoxy groups -OCH3 is 1. The number of carbonyl (C=O) groups excluding carboxylic acids is 1. The van der Waals surface area contributed by atoms with Gasteiger partial charge in [-0.05, 0) is 66.7 Å². The summed E-state index contributed by atoms with van der Waals surface area (Å²) in [6, 6.07) is 22.4. The molecule has 0 spiro atoms. The van der Waals surface area contributed by atoms with Gasteiger partial charge in [-0.2, -0.15) is 0 Å². The standard InChI is InChI=1S/C27H22ClN3O4/c1-31(22-8-6-19(28)7-9-22)23-10-11-25(29-16-23)26(32)17-12-18(27(33)34)14-21(13-17)30-20-4-3-5-24(15-20)35-2/h3-16,30H,1-2H3,(H,33,34). The van der Waals surface area contributed by atoms with E-state index in [1.54, 1.807) is 61.8 Å². The second kappa shape index (κ2) is 10.3. The highest BCUT2D eigenvalue weighted by molar-refractivity contribution is 6.30. The molecule has 0 atom stereocenters. The largest absolute Gasteiger partial charge is 0.497 e. The number of aromatic carboxylic acids is 1. The van der Waals surface area contributed by atoms with Gasteiger partial charge >= 0.3 is 5.97 Å². The quantitative estimate of drug-likeness (QED) is 0.286. The Morgan fingerprint density at radius 2 is 1.63 bits per heavy atom. The van der Waals surface area contributed by atoms with E-state index in [0.29, 0.717) is 22.1 Å². The zero-order valence-corrected chi connectivity index (χ0v) is 19.8. The molecular weight excluding hydrogens is 466 g/mol. The second-order valence-electron chi connectivity index (χ2n) is 7.73. The second-order valence-corrected chi connectivity index (χ2v) is 8.16. The lowest BCUT2D eigenvalue weighted by molar-refractivity contribution is 0.0697. The van der Waals surface area contributed by atoms with Gasteiger partial charge in [-0.25, -0.2) is 4.79 Å². The van der Waals surface area contributed by atoms with E-state index in [4.69, 9.17) is 16.3 Å². The van der Waals surface area contributed by atoms with Crippen LogP contribution in [-0.4, -0.2) is 36.0 Å². The number of carboxylic acid groups (broad SMARTS) is 1. The first-order chi connectivity index (χ1) is 16.8. The predicted molar refractivity (Wildman–Crippen MR) is 137 cm³/mol. The van der Waals surface area contributed by atoms with Gasteiger partial charge in [-0.1, -0.05) is 17.7 Å². The van der Waals surface area contributed by atoms with E-state index in [2.05, 4.69) is 10.3 Å². The van der Waals surface area contributed by atoms with Gasteiger partial charge in [0.25, 0.3) is 0 Å². The molecule has 0 aliphatic rings. The van der Waals surface area contributed by atoms with Gasteiger partial charge in [-0.15, -0.1) is 0 Å². The Hall–Kier alpha value is -4.36. The number of ketones is 1. The average Bonchev–Trinajstić information content (AvgIpc) is 2.88. The molecule has 4 aromatic rings. The van der Waals surface area contributed by atoms with Gasteiger partial charge in [0.2, 0.25) is 5.78 Å². The monoisotopic (exact) mass is 487 g/mol. The smallest absolute Gasteiger partial charge is 0.335 e. The van der Waals surface area contributed by atoms with Crippen LogP contribution in [0.25, 0.3) is 0 Å². The number of nitrogens with zero attached hydrogens (tertiary/aromatic N) is 2. The highest BCUT2D eigenvalue weighted by Gasteiger charge is 2.16. The zero-order chi connectivity index (χ0) is 24.9. The molecule has 8 heteroatoms. The van der Waals surface area contributed by atoms with E-state index in [1.165, 1.54) is 12.1 Å². The number of pyridine rings is 1. The van der Waals surface area contributed by atoms with Gasteiger partial charge in [0.05, 0.1) is 24.6 Å². The molecule has 0 fully saturated rings. The number of nitrogens with one attached hydrogen (secondary N) is 1. The van der Waals surface area contributed by atoms with Crippen LogP contribution in [0.3, 0.4) is 0 Å². The third kappa shape index (κ3) is 5.59. The van der Waals surface area contributed by atoms with Crippen LogP contribution in [0.4, 0.5) is 22.7 Å². The summed E-state index contributed by atoms with van der Waals surface area (Å²) >= 11 is 5.96. The number of hydrogen-bond donors (Lipinski definition) is 2. The summed E-state index contributed by atoms with van der Waals surface area (Å²) in [6.07, 6.45) is 1.60. The Kier molecular flexibility index (Phi) is 6.98. The van der Waals surface area contributed by atoms with Crippen molar-refractivity contribution in [1.29, 1.82) is 0 Å². The first-order valence-electron chi connectivity index (χ1n) is 10.6. The molecule has 1 heterocycles. The van der Waals surface area contributed by atoms with Crippen molar-refractivity contribution in [2.45, 2.75) is 0 Å². The molecule has 0 aliphatic carbocycles. The van der Waals surface area contributed by atoms with Gasteiger partial charge in [0.15, 0.2) is 0 Å². The fraction of sp³-hybridized carbons (Fsp3) is 0.0741. The van der Waals surface area contributed by atoms with Gasteiger partial charge in [-0.3, -0.25) is 9.78 Å². The Balaban J connectivity index is 1.60. The van der Waals surface area contributed by atoms with Gasteiger partial charge in [0.1, 0.15) is 11.4 Å². The minimum atomic E-state index is -1.14. The van der Waals surface area contributed by atoms with Crippen molar-refractivity contribution in [3.63, 3.8) is 0 Å². The first-order valence-corrected chi connectivity index (χ1v) is 11.0. The van der Waals surface area contributed by atoms with Crippen molar-refractivity contribution in [2.24, 2.45) is 0 Å². The summed E-state index contributed by atoms with van der Waals surface area (Å²) in [4.78, 5) is 31.1. The van der Waals surface area contributed by atoms with Crippen LogP contribution < -0.4 is 15.0 Å². The molecule has 7 nitrogen and oxygen atoms in total. The first kappa shape index (κ1) is 23.8. The lowest BCUT2D eigenvalue weighted by Gasteiger charge is -2.19. The van der Waals surface area contributed by atoms with Crippen LogP contribution in [0, 0.1) is 0 Å². The van der Waals surface area contributed by atoms with Crippen LogP contribution in [0.2, 0.25) is 5.02 Å². The molecular formula is C27H22ClN3O4. The number of carboxylic acids is 1. The highest BCUT2D eigenvalue weighted by Crippen LogP contribution is 2.26. The number of hydrogen-bond acceptors (Lipinski definition) is 6. The van der Waals surface area contributed by atoms with Crippen molar-refractivity contribution in [3.05, 3.63) is 107 Å². The van der Waals surface area contributed by atoms with Crippen molar-refractivity contribution in [3.8, 4) is 5.75 Å². The van der Waals surface area contributed by atoms with E-state index < -0.39 is 5.97 Å². The van der Waals surface area contributed by atoms with E-state index in [-0.39, 0.29) is 22.6 Å². The Bertz CT molecular complexity index is 1370. The number of aromatic nitrogens is 1. The summed E-state index contributed by atoms with van der Waals surface area (Å²) in [5.74, 6) is -0.878. The maximum Gasteiger partial charge on any atom is 0.335 e. The molecule has 3 aromatic carbocycles. The highest BCUT2D eigenvalue weighted by atomic mass is 35.5. The molecule has 176 valence electrons. The molecule has 4 rings (SSSR count). The molecule has 0 saturated heterocycles. The number of anilines is 4. The van der Waals surface area contributed by atoms with Crippen LogP contribution in [0.5, 0.6) is 5.75 Å². The summed E-state index contributed by atoms with van der Waals surface area (Å²) < 4.78 is 5.23. The van der Waals surface area contributed by atoms with Gasteiger partial charge < -0.3 is 20.1 Å². The summed E-state index contributed by atoms with van der Waals surface area (Å²) in [5.41, 5.74) is 3.25. The van der Waals surface area contributed by atoms with E-state index in [0.717, 1.165) is 11.4 Å². The molecule has 0 bridgehead atoms. The molecule has 0 radical (unpaired) electrons. The minimum Gasteiger partial charge on any atom is -0.497 e. The maximum absolute atomic E-state index is 13.2. The van der Waals surface area contributed by atoms with E-state index in [1.807, 2.05) is 30.1 Å². The van der Waals surface area contributed by atoms with Crippen molar-refractivity contribution >= 4 is 46.1 Å². The molecule has 35 heavy (non-hydrogen) atoms. The maximum atomic E-state index is 13.2. The summed E-state index contributed by atoms with van der Waals surface area (Å²) in [7, 11) is 3.45. The number of rotatable bonds is 8. The number of halogens is 1. The molecule has 0 amide bonds. The Morgan fingerprint density at radius 3 is 2.29 bits per heavy atom. The predicted octanol–water partition coefficient (Wildman–Crippen LogP) is 6.18. The van der Waals surface area contributed by atoms with Crippen LogP contribution in [0.1, 0.15) is 26.4 Å². The van der Waals surface area contributed by atoms with E-state index >= 15 is 0 Å². The molecule has 0 unspecified atom stereocenters. The lowest BCUT2D eigenvalue weighted by Crippen LogP contribution is -2.11. The van der Waals surface area contributed by atoms with E-state index in [9.17, 15) is 14.7 Å². The lowest BCUT2D eigenvalue weighted by atomic mass is 10.0. The molecule has 0 aliphatic heterocycles. The van der Waals surface area contributed by atoms with Crippen molar-refractivity contribution < 1.29 is 19.4 Å². The number of benzene rings is 3. The summed E-state index contributed by atoms with van der Waals surface area (Å²) in [5, 5.41) is 13.3. The Labute approximate surface area is 207 Å². The van der Waals surface area contributed by atoms with Crippen LogP contribution in [0.15, 0.2) is 85.1 Å². The minimum absolute atomic E-state index is 0.0136. The summed E-state index contributed by atoms with van der Waals surface area (Å²) in [6.45, 7) is 0. The van der Waals surface area contributed by atoms with Crippen molar-refractivity contribution in [1.82, 2.24) is 4.98 Å². The molecule has 2 N–H and O–H groups in total. The average molecular weight is 488 g/mol. The number of ether oxygens (including phenoxy) is 1. The number of carbonyl (C=O) groups is 2. The van der Waals surface area contributed by atoms with Crippen molar-refractivity contribution in [2.75, 3.05) is 24.4 Å². The van der Waals surface area contributed by atoms with Crippen LogP contribution >= 0.6 is 11.6 Å². The Morgan fingerprint density at radius 1 is 0.914 bits per heavy atom. The zero-order valence-electron chi connectivity index (χ0n) is 19.0. The van der Waals surface area contributed by atoms with Crippen LogP contribution in [-0.2, 0) is 0 Å². The SMILES string of the molecule is COc1cccc(Nc2cc(C(=O)O)cc(C(=O)c3ccc(N(C)c4ccc(Cl)cc4)cn3)c2)c1. The van der Waals surface area contributed by atoms with Gasteiger partial charge in [0, 0.05) is 40.8 Å². The fourth-order valence-electron chi connectivity index (χ4n) is 3.50. The topological polar surface area (TPSA) is 91.8 Å². The molecule has 0 saturated carbocycles. The normalized spacial score (nSPS) is 10.5. The third-order valence-corrected chi connectivity index (χ3v) is 5.63. The third-order valence-electron chi connectivity index (χ3n) is 5.38. The fourth-order valence-corrected chi connectivity index (χ4v) is 3.63.